The molecule has 2 atom stereocenters. The van der Waals surface area contributed by atoms with Gasteiger partial charge in [-0.05, 0) is 19.1 Å². The van der Waals surface area contributed by atoms with E-state index in [9.17, 15) is 4.79 Å². The highest BCUT2D eigenvalue weighted by atomic mass is 32.1. The fourth-order valence-corrected chi connectivity index (χ4v) is 5.06. The summed E-state index contributed by atoms with van der Waals surface area (Å²) < 4.78 is 12.1. The van der Waals surface area contributed by atoms with Crippen LogP contribution >= 0.6 is 11.3 Å². The maximum absolute atomic E-state index is 11.5. The third-order valence-electron chi connectivity index (χ3n) is 6.28. The Labute approximate surface area is 216 Å². The highest BCUT2D eigenvalue weighted by Gasteiger charge is 2.25. The van der Waals surface area contributed by atoms with Gasteiger partial charge in [-0.2, -0.15) is 0 Å². The summed E-state index contributed by atoms with van der Waals surface area (Å²) in [5, 5.41) is 8.77. The first-order valence-corrected chi connectivity index (χ1v) is 12.4. The summed E-state index contributed by atoms with van der Waals surface area (Å²) in [5.74, 6) is 1.02. The van der Waals surface area contributed by atoms with Crippen molar-refractivity contribution in [3.05, 3.63) is 59.0 Å². The van der Waals surface area contributed by atoms with E-state index in [2.05, 4.69) is 30.9 Å². The highest BCUT2D eigenvalue weighted by molar-refractivity contribution is 7.19. The number of ether oxygens (including phenoxy) is 2. The summed E-state index contributed by atoms with van der Waals surface area (Å²) in [5.41, 5.74) is 3.60. The minimum atomic E-state index is -0.659. The summed E-state index contributed by atoms with van der Waals surface area (Å²) in [6, 6.07) is 5.81. The van der Waals surface area contributed by atoms with E-state index >= 15 is 0 Å². The first kappa shape index (κ1) is 24.7. The van der Waals surface area contributed by atoms with Gasteiger partial charge in [0.1, 0.15) is 6.10 Å². The first-order chi connectivity index (χ1) is 18.0. The third kappa shape index (κ3) is 5.14. The molecule has 0 saturated carbocycles. The van der Waals surface area contributed by atoms with Gasteiger partial charge in [0.25, 0.3) is 5.91 Å². The van der Waals surface area contributed by atoms with Crippen molar-refractivity contribution in [3.63, 3.8) is 0 Å². The van der Waals surface area contributed by atoms with Gasteiger partial charge in [0.15, 0.2) is 0 Å². The Hall–Kier alpha value is -3.94. The predicted octanol–water partition coefficient (Wildman–Crippen LogP) is 2.78. The lowest BCUT2D eigenvalue weighted by Gasteiger charge is -2.33. The number of hydroxylamine groups is 1. The molecule has 37 heavy (non-hydrogen) atoms. The number of fused-ring (bicyclic) bond motifs is 1. The Kier molecular flexibility index (Phi) is 7.08. The average molecular weight is 523 g/mol. The second-order valence-corrected chi connectivity index (χ2v) is 9.62. The van der Waals surface area contributed by atoms with E-state index in [4.69, 9.17) is 19.7 Å². The Bertz CT molecular complexity index is 1380. The van der Waals surface area contributed by atoms with E-state index < -0.39 is 5.91 Å². The molecule has 0 aromatic carbocycles. The summed E-state index contributed by atoms with van der Waals surface area (Å²) in [6.07, 6.45) is 6.25. The number of nitrogens with zero attached hydrogens (tertiary/aromatic N) is 7. The number of aromatic nitrogens is 5. The molecule has 4 aromatic heterocycles. The molecular formula is C24H26N8O4S. The Morgan fingerprint density at radius 3 is 2.76 bits per heavy atom. The quantitative estimate of drug-likeness (QED) is 0.274. The zero-order valence-corrected chi connectivity index (χ0v) is 21.3. The minimum Gasteiger partial charge on any atom is -0.481 e. The molecule has 5 heterocycles. The average Bonchev–Trinajstić information content (AvgIpc) is 3.40. The number of hydrogen-bond donors (Lipinski definition) is 2. The maximum Gasteiger partial charge on any atom is 0.277 e. The fourth-order valence-electron chi connectivity index (χ4n) is 3.99. The summed E-state index contributed by atoms with van der Waals surface area (Å²) >= 11 is 1.61. The Morgan fingerprint density at radius 1 is 1.24 bits per heavy atom. The molecule has 12 nitrogen and oxygen atoms in total. The molecule has 1 fully saturated rings. The Morgan fingerprint density at radius 2 is 2.05 bits per heavy atom. The fraction of sp³-hybridized carbons (Fsp3) is 0.333. The van der Waals surface area contributed by atoms with Crippen LogP contribution in [0.1, 0.15) is 39.9 Å². The SMILES string of the molecule is COc1ccc(C2CN(c3ncc4sc(C(C)N(C)c5ncc(C(=O)NO)cn5)cc4n3)CCO2)cn1. The van der Waals surface area contributed by atoms with Crippen LogP contribution in [0, 0.1) is 0 Å². The standard InChI is InChI=1S/C24H26N8O4S/c1-14(31(2)23-26-10-16(11-27-23)22(33)30-34)19-8-17-20(37-19)12-28-24(29-17)32-6-7-36-18(13-32)15-4-5-21(35-3)25-9-15/h4-5,8-12,14,18,34H,6-7,13H2,1-3H3,(H,30,33). The van der Waals surface area contributed by atoms with Crippen molar-refractivity contribution in [3.8, 4) is 5.88 Å². The van der Waals surface area contributed by atoms with E-state index in [1.54, 1.807) is 30.1 Å². The van der Waals surface area contributed by atoms with E-state index in [1.165, 1.54) is 12.4 Å². The number of methoxy groups -OCH3 is 1. The van der Waals surface area contributed by atoms with Gasteiger partial charge in [-0.3, -0.25) is 10.0 Å². The molecule has 1 amide bonds. The number of morpholine rings is 1. The number of anilines is 2. The van der Waals surface area contributed by atoms with Crippen LogP contribution < -0.4 is 20.0 Å². The molecule has 0 aliphatic carbocycles. The second-order valence-electron chi connectivity index (χ2n) is 8.51. The lowest BCUT2D eigenvalue weighted by Crippen LogP contribution is -2.39. The van der Waals surface area contributed by atoms with Crippen molar-refractivity contribution in [2.24, 2.45) is 0 Å². The number of thiophene rings is 1. The largest absolute Gasteiger partial charge is 0.481 e. The van der Waals surface area contributed by atoms with Crippen LogP contribution in [0.3, 0.4) is 0 Å². The van der Waals surface area contributed by atoms with Crippen LogP contribution in [-0.2, 0) is 4.74 Å². The first-order valence-electron chi connectivity index (χ1n) is 11.6. The van der Waals surface area contributed by atoms with Gasteiger partial charge in [-0.25, -0.2) is 30.4 Å². The number of pyridine rings is 1. The minimum absolute atomic E-state index is 0.0458. The van der Waals surface area contributed by atoms with Crippen LogP contribution in [0.2, 0.25) is 0 Å². The normalized spacial score (nSPS) is 16.4. The van der Waals surface area contributed by atoms with Crippen LogP contribution in [-0.4, -0.2) is 69.9 Å². The van der Waals surface area contributed by atoms with Gasteiger partial charge in [0, 0.05) is 48.7 Å². The van der Waals surface area contributed by atoms with E-state index in [1.807, 2.05) is 37.2 Å². The van der Waals surface area contributed by atoms with Crippen molar-refractivity contribution >= 4 is 39.4 Å². The molecule has 5 rings (SSSR count). The molecule has 192 valence electrons. The molecular weight excluding hydrogens is 496 g/mol. The van der Waals surface area contributed by atoms with Gasteiger partial charge in [-0.1, -0.05) is 0 Å². The molecule has 0 radical (unpaired) electrons. The van der Waals surface area contributed by atoms with E-state index in [0.29, 0.717) is 37.5 Å². The van der Waals surface area contributed by atoms with Crippen molar-refractivity contribution in [1.29, 1.82) is 0 Å². The monoisotopic (exact) mass is 522 g/mol. The van der Waals surface area contributed by atoms with Gasteiger partial charge in [0.2, 0.25) is 17.8 Å². The number of rotatable bonds is 7. The predicted molar refractivity (Wildman–Crippen MR) is 137 cm³/mol. The zero-order valence-electron chi connectivity index (χ0n) is 20.5. The molecule has 0 bridgehead atoms. The summed E-state index contributed by atoms with van der Waals surface area (Å²) in [6.45, 7) is 3.93. The molecule has 1 aliphatic heterocycles. The van der Waals surface area contributed by atoms with Crippen LogP contribution in [0.4, 0.5) is 11.9 Å². The van der Waals surface area contributed by atoms with Crippen molar-refractivity contribution in [1.82, 2.24) is 30.4 Å². The molecule has 0 spiro atoms. The molecule has 2 N–H and O–H groups in total. The number of hydrogen-bond acceptors (Lipinski definition) is 12. The topological polar surface area (TPSA) is 139 Å². The molecule has 1 aliphatic rings. The van der Waals surface area contributed by atoms with Gasteiger partial charge >= 0.3 is 0 Å². The lowest BCUT2D eigenvalue weighted by atomic mass is 10.1. The van der Waals surface area contributed by atoms with Crippen LogP contribution in [0.25, 0.3) is 10.2 Å². The number of nitrogens with one attached hydrogen (secondary N) is 1. The number of amides is 1. The van der Waals surface area contributed by atoms with Gasteiger partial charge in [-0.15, -0.1) is 11.3 Å². The lowest BCUT2D eigenvalue weighted by molar-refractivity contribution is 0.0390. The molecule has 4 aromatic rings. The highest BCUT2D eigenvalue weighted by Crippen LogP contribution is 2.33. The molecule has 1 saturated heterocycles. The zero-order chi connectivity index (χ0) is 25.9. The number of carbonyl (C=O) groups excluding carboxylic acids is 1. The van der Waals surface area contributed by atoms with Crippen LogP contribution in [0.5, 0.6) is 5.88 Å². The van der Waals surface area contributed by atoms with E-state index in [0.717, 1.165) is 20.7 Å². The second kappa shape index (κ2) is 10.6. The van der Waals surface area contributed by atoms with Gasteiger partial charge in [0.05, 0.1) is 48.3 Å². The molecule has 2 unspecified atom stereocenters. The smallest absolute Gasteiger partial charge is 0.277 e. The van der Waals surface area contributed by atoms with Crippen molar-refractivity contribution < 1.29 is 19.5 Å². The maximum atomic E-state index is 11.5. The Balaban J connectivity index is 1.31. The van der Waals surface area contributed by atoms with Crippen LogP contribution in [0.15, 0.2) is 43.0 Å². The van der Waals surface area contributed by atoms with E-state index in [-0.39, 0.29) is 17.7 Å². The third-order valence-corrected chi connectivity index (χ3v) is 7.51. The number of carbonyl (C=O) groups is 1. The molecule has 13 heteroatoms. The summed E-state index contributed by atoms with van der Waals surface area (Å²) in [4.78, 5) is 38.9. The summed E-state index contributed by atoms with van der Waals surface area (Å²) in [7, 11) is 3.48. The van der Waals surface area contributed by atoms with Crippen molar-refractivity contribution in [2.45, 2.75) is 19.1 Å². The van der Waals surface area contributed by atoms with Gasteiger partial charge < -0.3 is 19.3 Å². The van der Waals surface area contributed by atoms with Crippen molar-refractivity contribution in [2.75, 3.05) is 43.7 Å².